The van der Waals surface area contributed by atoms with Gasteiger partial charge in [0.15, 0.2) is 5.13 Å². The molecule has 0 aliphatic carbocycles. The highest BCUT2D eigenvalue weighted by molar-refractivity contribution is 7.13. The molecule has 2 aromatic carbocycles. The highest BCUT2D eigenvalue weighted by Gasteiger charge is 2.30. The van der Waals surface area contributed by atoms with Gasteiger partial charge < -0.3 is 9.88 Å². The van der Waals surface area contributed by atoms with E-state index >= 15 is 0 Å². The fourth-order valence-electron chi connectivity index (χ4n) is 4.49. The van der Waals surface area contributed by atoms with Crippen LogP contribution < -0.4 is 5.32 Å². The molecule has 1 fully saturated rings. The van der Waals surface area contributed by atoms with E-state index in [0.29, 0.717) is 47.8 Å². The molecule has 36 heavy (non-hydrogen) atoms. The molecule has 0 saturated carbocycles. The third-order valence-electron chi connectivity index (χ3n) is 6.33. The zero-order valence-corrected chi connectivity index (χ0v) is 20.3. The van der Waals surface area contributed by atoms with Gasteiger partial charge in [0.2, 0.25) is 0 Å². The van der Waals surface area contributed by atoms with Crippen LogP contribution in [0.2, 0.25) is 0 Å². The van der Waals surface area contributed by atoms with E-state index in [4.69, 9.17) is 0 Å². The van der Waals surface area contributed by atoms with E-state index in [1.54, 1.807) is 41.9 Å². The van der Waals surface area contributed by atoms with Crippen molar-refractivity contribution in [3.05, 3.63) is 82.7 Å². The quantitative estimate of drug-likeness (QED) is 0.306. The van der Waals surface area contributed by atoms with Crippen LogP contribution in [0.4, 0.5) is 9.52 Å². The summed E-state index contributed by atoms with van der Waals surface area (Å²) in [4.78, 5) is 49.7. The molecule has 1 aliphatic rings. The number of halogens is 1. The number of ketones is 1. The molecular formula is C26H24FN5O3S. The molecular weight excluding hydrogens is 481 g/mol. The van der Waals surface area contributed by atoms with E-state index in [2.05, 4.69) is 20.2 Å². The number of aromatic nitrogens is 2. The summed E-state index contributed by atoms with van der Waals surface area (Å²) < 4.78 is 13.2. The molecule has 1 saturated heterocycles. The Kier molecular flexibility index (Phi) is 6.62. The Hall–Kier alpha value is -3.89. The average Bonchev–Trinajstić information content (AvgIpc) is 3.54. The van der Waals surface area contributed by atoms with E-state index in [1.807, 2.05) is 11.8 Å². The summed E-state index contributed by atoms with van der Waals surface area (Å²) in [5.74, 6) is -1.87. The molecule has 0 bridgehead atoms. The normalized spacial score (nSPS) is 16.3. The van der Waals surface area contributed by atoms with Crippen LogP contribution >= 0.6 is 11.3 Å². The Balaban J connectivity index is 1.29. The highest BCUT2D eigenvalue weighted by Crippen LogP contribution is 2.24. The molecule has 0 radical (unpaired) electrons. The number of amides is 2. The number of fused-ring (bicyclic) bond motifs is 1. The third-order valence-corrected chi connectivity index (χ3v) is 7.01. The number of rotatable bonds is 6. The van der Waals surface area contributed by atoms with Gasteiger partial charge in [0.05, 0.1) is 5.56 Å². The van der Waals surface area contributed by atoms with Crippen molar-refractivity contribution in [1.29, 1.82) is 0 Å². The van der Waals surface area contributed by atoms with Gasteiger partial charge in [-0.2, -0.15) is 0 Å². The van der Waals surface area contributed by atoms with E-state index in [9.17, 15) is 18.8 Å². The van der Waals surface area contributed by atoms with Crippen molar-refractivity contribution in [2.75, 3.05) is 25.0 Å². The Morgan fingerprint density at radius 3 is 2.69 bits per heavy atom. The highest BCUT2D eigenvalue weighted by atomic mass is 32.1. The second kappa shape index (κ2) is 10.00. The smallest absolute Gasteiger partial charge is 0.298 e. The molecule has 1 aliphatic heterocycles. The van der Waals surface area contributed by atoms with Crippen LogP contribution in [-0.2, 0) is 11.3 Å². The van der Waals surface area contributed by atoms with Gasteiger partial charge in [0.25, 0.3) is 17.6 Å². The number of aromatic amines is 1. The SMILES string of the molecule is C[C@@H]1CN(Cc2ccc(F)cc2)CCN1C(=O)c1c[nH]c2ccc(C(=O)C(=O)Nc3nccs3)cc12. The first-order chi connectivity index (χ1) is 17.4. The fraction of sp³-hybridized carbons (Fsp3) is 0.231. The van der Waals surface area contributed by atoms with Crippen LogP contribution in [0, 0.1) is 5.82 Å². The number of thiazole rings is 1. The molecule has 1 atom stereocenters. The maximum absolute atomic E-state index is 13.5. The topological polar surface area (TPSA) is 98.4 Å². The van der Waals surface area contributed by atoms with Gasteiger partial charge >= 0.3 is 0 Å². The number of carbonyl (C=O) groups is 3. The number of benzene rings is 2. The molecule has 5 rings (SSSR count). The lowest BCUT2D eigenvalue weighted by atomic mass is 10.0. The number of carbonyl (C=O) groups excluding carboxylic acids is 3. The zero-order valence-electron chi connectivity index (χ0n) is 19.5. The average molecular weight is 506 g/mol. The molecule has 8 nitrogen and oxygen atoms in total. The monoisotopic (exact) mass is 505 g/mol. The van der Waals surface area contributed by atoms with Gasteiger partial charge in [-0.15, -0.1) is 11.3 Å². The molecule has 2 aromatic heterocycles. The predicted molar refractivity (Wildman–Crippen MR) is 136 cm³/mol. The summed E-state index contributed by atoms with van der Waals surface area (Å²) in [5.41, 5.74) is 2.38. The van der Waals surface area contributed by atoms with Gasteiger partial charge in [-0.1, -0.05) is 12.1 Å². The largest absolute Gasteiger partial charge is 0.360 e. The molecule has 3 heterocycles. The summed E-state index contributed by atoms with van der Waals surface area (Å²) in [5, 5.41) is 5.13. The van der Waals surface area contributed by atoms with Gasteiger partial charge in [0, 0.05) is 66.5 Å². The Labute approximate surface area is 210 Å². The van der Waals surface area contributed by atoms with Gasteiger partial charge in [-0.3, -0.25) is 24.6 Å². The Bertz CT molecular complexity index is 1420. The van der Waals surface area contributed by atoms with Crippen molar-refractivity contribution in [1.82, 2.24) is 19.8 Å². The number of hydrogen-bond acceptors (Lipinski definition) is 6. The molecule has 2 amide bonds. The first kappa shape index (κ1) is 23.8. The van der Waals surface area contributed by atoms with Crippen molar-refractivity contribution in [2.45, 2.75) is 19.5 Å². The van der Waals surface area contributed by atoms with Crippen molar-refractivity contribution in [3.8, 4) is 0 Å². The van der Waals surface area contributed by atoms with Gasteiger partial charge in [0.1, 0.15) is 5.82 Å². The minimum absolute atomic E-state index is 0.0365. The van der Waals surface area contributed by atoms with E-state index in [1.165, 1.54) is 29.7 Å². The molecule has 184 valence electrons. The number of piperazine rings is 1. The lowest BCUT2D eigenvalue weighted by Gasteiger charge is -2.40. The number of Topliss-reactive ketones (excluding diaryl/α,β-unsaturated/α-hetero) is 1. The minimum atomic E-state index is -0.779. The predicted octanol–water partition coefficient (Wildman–Crippen LogP) is 3.93. The van der Waals surface area contributed by atoms with Crippen molar-refractivity contribution in [2.24, 2.45) is 0 Å². The standard InChI is InChI=1S/C26H24FN5O3S/c1-16-14-31(15-17-2-5-19(27)6-3-17)9-10-32(16)25(35)21-13-29-22-7-4-18(12-20(21)22)23(33)24(34)30-26-28-8-11-36-26/h2-8,11-13,16,29H,9-10,14-15H2,1H3,(H,28,30,34)/t16-/m1/s1. The maximum Gasteiger partial charge on any atom is 0.298 e. The first-order valence-electron chi connectivity index (χ1n) is 11.5. The van der Waals surface area contributed by atoms with Gasteiger partial charge in [-0.05, 0) is 42.8 Å². The number of H-pyrrole nitrogens is 1. The number of nitrogens with one attached hydrogen (secondary N) is 2. The van der Waals surface area contributed by atoms with Crippen LogP contribution in [-0.4, -0.2) is 63.0 Å². The van der Waals surface area contributed by atoms with Crippen LogP contribution in [0.25, 0.3) is 10.9 Å². The minimum Gasteiger partial charge on any atom is -0.360 e. The van der Waals surface area contributed by atoms with Crippen LogP contribution in [0.3, 0.4) is 0 Å². The number of nitrogens with zero attached hydrogens (tertiary/aromatic N) is 3. The van der Waals surface area contributed by atoms with Crippen LogP contribution in [0.1, 0.15) is 33.2 Å². The van der Waals surface area contributed by atoms with E-state index in [-0.39, 0.29) is 23.3 Å². The Morgan fingerprint density at radius 1 is 1.17 bits per heavy atom. The maximum atomic E-state index is 13.5. The second-order valence-electron chi connectivity index (χ2n) is 8.79. The number of anilines is 1. The summed E-state index contributed by atoms with van der Waals surface area (Å²) in [6.07, 6.45) is 3.19. The lowest BCUT2D eigenvalue weighted by Crippen LogP contribution is -2.53. The third kappa shape index (κ3) is 4.91. The first-order valence-corrected chi connectivity index (χ1v) is 12.4. The molecule has 10 heteroatoms. The summed E-state index contributed by atoms with van der Waals surface area (Å²) in [6.45, 7) is 4.61. The van der Waals surface area contributed by atoms with Gasteiger partial charge in [-0.25, -0.2) is 9.37 Å². The molecule has 0 unspecified atom stereocenters. The lowest BCUT2D eigenvalue weighted by molar-refractivity contribution is -0.112. The Morgan fingerprint density at radius 2 is 1.97 bits per heavy atom. The summed E-state index contributed by atoms with van der Waals surface area (Å²) in [7, 11) is 0. The van der Waals surface area contributed by atoms with E-state index < -0.39 is 11.7 Å². The van der Waals surface area contributed by atoms with Crippen LogP contribution in [0.15, 0.2) is 60.2 Å². The summed E-state index contributed by atoms with van der Waals surface area (Å²) in [6, 6.07) is 11.3. The fourth-order valence-corrected chi connectivity index (χ4v) is 5.01. The summed E-state index contributed by atoms with van der Waals surface area (Å²) >= 11 is 1.22. The van der Waals surface area contributed by atoms with Crippen molar-refractivity contribution >= 4 is 45.0 Å². The van der Waals surface area contributed by atoms with Crippen molar-refractivity contribution < 1.29 is 18.8 Å². The zero-order chi connectivity index (χ0) is 25.2. The molecule has 0 spiro atoms. The van der Waals surface area contributed by atoms with Crippen molar-refractivity contribution in [3.63, 3.8) is 0 Å². The molecule has 4 aromatic rings. The van der Waals surface area contributed by atoms with E-state index in [0.717, 1.165) is 5.56 Å². The van der Waals surface area contributed by atoms with Crippen LogP contribution in [0.5, 0.6) is 0 Å². The molecule has 2 N–H and O–H groups in total. The number of hydrogen-bond donors (Lipinski definition) is 2. The second-order valence-corrected chi connectivity index (χ2v) is 9.69.